The Labute approximate surface area is 109 Å². The molecule has 1 atom stereocenters. The van der Waals surface area contributed by atoms with Crippen molar-refractivity contribution in [3.63, 3.8) is 0 Å². The summed E-state index contributed by atoms with van der Waals surface area (Å²) in [5.74, 6) is 1.04. The highest BCUT2D eigenvalue weighted by molar-refractivity contribution is 8.00. The lowest BCUT2D eigenvalue weighted by Crippen LogP contribution is -2.23. The molecule has 1 aliphatic rings. The number of hydrogen-bond acceptors (Lipinski definition) is 3. The summed E-state index contributed by atoms with van der Waals surface area (Å²) < 4.78 is 0. The molecule has 5 heteroatoms. The lowest BCUT2D eigenvalue weighted by Gasteiger charge is -2.11. The molecule has 1 aromatic carbocycles. The van der Waals surface area contributed by atoms with Crippen molar-refractivity contribution in [3.8, 4) is 6.07 Å². The van der Waals surface area contributed by atoms with Crippen LogP contribution in [0.3, 0.4) is 0 Å². The number of thioether (sulfide) groups is 1. The van der Waals surface area contributed by atoms with Crippen molar-refractivity contribution in [2.45, 2.75) is 18.1 Å². The van der Waals surface area contributed by atoms with Crippen molar-refractivity contribution in [3.05, 3.63) is 28.8 Å². The van der Waals surface area contributed by atoms with Gasteiger partial charge in [0, 0.05) is 0 Å². The molecule has 1 saturated heterocycles. The second-order valence-corrected chi connectivity index (χ2v) is 5.52. The number of benzene rings is 1. The van der Waals surface area contributed by atoms with E-state index in [0.29, 0.717) is 16.3 Å². The molecular weight excluding hydrogens is 256 g/mol. The summed E-state index contributed by atoms with van der Waals surface area (Å²) in [6.45, 7) is 0. The van der Waals surface area contributed by atoms with Crippen LogP contribution in [-0.2, 0) is 4.79 Å². The minimum Gasteiger partial charge on any atom is -0.324 e. The van der Waals surface area contributed by atoms with Gasteiger partial charge in [-0.05, 0) is 36.8 Å². The van der Waals surface area contributed by atoms with Crippen LogP contribution >= 0.6 is 23.4 Å². The Balaban J connectivity index is 2.08. The molecule has 1 aliphatic heterocycles. The Hall–Kier alpha value is -1.18. The first-order chi connectivity index (χ1) is 8.20. The summed E-state index contributed by atoms with van der Waals surface area (Å²) in [6, 6.07) is 6.86. The molecule has 1 fully saturated rings. The zero-order valence-corrected chi connectivity index (χ0v) is 10.6. The lowest BCUT2D eigenvalue weighted by molar-refractivity contribution is -0.115. The van der Waals surface area contributed by atoms with Crippen molar-refractivity contribution in [1.29, 1.82) is 5.26 Å². The minimum atomic E-state index is -0.000826. The topological polar surface area (TPSA) is 52.9 Å². The van der Waals surface area contributed by atoms with Gasteiger partial charge in [0.15, 0.2) is 0 Å². The predicted octanol–water partition coefficient (Wildman–Crippen LogP) is 3.05. The van der Waals surface area contributed by atoms with E-state index in [9.17, 15) is 4.79 Å². The van der Waals surface area contributed by atoms with Gasteiger partial charge >= 0.3 is 0 Å². The largest absolute Gasteiger partial charge is 0.324 e. The third-order valence-corrected chi connectivity index (χ3v) is 4.27. The van der Waals surface area contributed by atoms with Gasteiger partial charge in [-0.15, -0.1) is 11.8 Å². The number of nitrogens with one attached hydrogen (secondary N) is 1. The standard InChI is InChI=1S/C12H11ClN2OS/c13-9-6-8(7-14)3-4-10(9)15-12(16)11-2-1-5-17-11/h3-4,6,11H,1-2,5H2,(H,15,16). The van der Waals surface area contributed by atoms with Gasteiger partial charge in [-0.25, -0.2) is 0 Å². The highest BCUT2D eigenvalue weighted by Crippen LogP contribution is 2.29. The van der Waals surface area contributed by atoms with E-state index in [4.69, 9.17) is 16.9 Å². The van der Waals surface area contributed by atoms with Crippen molar-refractivity contribution in [2.24, 2.45) is 0 Å². The minimum absolute atomic E-state index is 0.000826. The number of amides is 1. The molecule has 1 amide bonds. The first-order valence-corrected chi connectivity index (χ1v) is 6.75. The van der Waals surface area contributed by atoms with Crippen LogP contribution in [0.4, 0.5) is 5.69 Å². The number of rotatable bonds is 2. The summed E-state index contributed by atoms with van der Waals surface area (Å²) >= 11 is 7.66. The SMILES string of the molecule is N#Cc1ccc(NC(=O)C2CCCS2)c(Cl)c1. The maximum atomic E-state index is 11.9. The second-order valence-electron chi connectivity index (χ2n) is 3.80. The van der Waals surface area contributed by atoms with Gasteiger partial charge in [-0.1, -0.05) is 11.6 Å². The van der Waals surface area contributed by atoms with Crippen LogP contribution in [0.25, 0.3) is 0 Å². The van der Waals surface area contributed by atoms with Crippen LogP contribution in [0.2, 0.25) is 5.02 Å². The molecule has 1 unspecified atom stereocenters. The fourth-order valence-corrected chi connectivity index (χ4v) is 3.07. The van der Waals surface area contributed by atoms with Crippen LogP contribution in [0.15, 0.2) is 18.2 Å². The summed E-state index contributed by atoms with van der Waals surface area (Å²) in [4.78, 5) is 11.9. The Morgan fingerprint density at radius 3 is 3.00 bits per heavy atom. The Bertz CT molecular complexity index is 478. The fourth-order valence-electron chi connectivity index (χ4n) is 1.68. The average molecular weight is 267 g/mol. The molecule has 88 valence electrons. The highest BCUT2D eigenvalue weighted by Gasteiger charge is 2.23. The van der Waals surface area contributed by atoms with Crippen molar-refractivity contribution in [2.75, 3.05) is 11.1 Å². The number of carbonyl (C=O) groups is 1. The molecule has 17 heavy (non-hydrogen) atoms. The number of hydrogen-bond donors (Lipinski definition) is 1. The van der Waals surface area contributed by atoms with E-state index < -0.39 is 0 Å². The summed E-state index contributed by atoms with van der Waals surface area (Å²) in [5.41, 5.74) is 1.06. The molecule has 1 aromatic rings. The van der Waals surface area contributed by atoms with Gasteiger partial charge in [-0.2, -0.15) is 5.26 Å². The normalized spacial score (nSPS) is 18.7. The van der Waals surface area contributed by atoms with Crippen LogP contribution < -0.4 is 5.32 Å². The fraction of sp³-hybridized carbons (Fsp3) is 0.333. The monoisotopic (exact) mass is 266 g/mol. The molecule has 0 radical (unpaired) electrons. The Morgan fingerprint density at radius 2 is 2.41 bits per heavy atom. The summed E-state index contributed by atoms with van der Waals surface area (Å²) in [5, 5.41) is 11.9. The maximum absolute atomic E-state index is 11.9. The van der Waals surface area contributed by atoms with Gasteiger partial charge < -0.3 is 5.32 Å². The Morgan fingerprint density at radius 1 is 1.59 bits per heavy atom. The lowest BCUT2D eigenvalue weighted by atomic mass is 10.2. The third-order valence-electron chi connectivity index (χ3n) is 2.58. The third kappa shape index (κ3) is 2.93. The van der Waals surface area contributed by atoms with Gasteiger partial charge in [0.25, 0.3) is 0 Å². The molecular formula is C12H11ClN2OS. The van der Waals surface area contributed by atoms with E-state index in [1.807, 2.05) is 6.07 Å². The van der Waals surface area contributed by atoms with E-state index in [0.717, 1.165) is 18.6 Å². The van der Waals surface area contributed by atoms with Crippen molar-refractivity contribution in [1.82, 2.24) is 0 Å². The summed E-state index contributed by atoms with van der Waals surface area (Å²) in [6.07, 6.45) is 2.01. The summed E-state index contributed by atoms with van der Waals surface area (Å²) in [7, 11) is 0. The number of carbonyl (C=O) groups excluding carboxylic acids is 1. The van der Waals surface area contributed by atoms with Crippen LogP contribution in [0.5, 0.6) is 0 Å². The van der Waals surface area contributed by atoms with E-state index in [1.54, 1.807) is 30.0 Å². The number of nitrogens with zero attached hydrogens (tertiary/aromatic N) is 1. The van der Waals surface area contributed by atoms with Crippen LogP contribution in [0, 0.1) is 11.3 Å². The quantitative estimate of drug-likeness (QED) is 0.895. The van der Waals surface area contributed by atoms with E-state index in [1.165, 1.54) is 0 Å². The molecule has 0 spiro atoms. The van der Waals surface area contributed by atoms with Gasteiger partial charge in [0.05, 0.1) is 27.6 Å². The predicted molar refractivity (Wildman–Crippen MR) is 70.3 cm³/mol. The number of halogens is 1. The van der Waals surface area contributed by atoms with Crippen LogP contribution in [-0.4, -0.2) is 16.9 Å². The molecule has 2 rings (SSSR count). The van der Waals surface area contributed by atoms with Crippen molar-refractivity contribution >= 4 is 35.0 Å². The zero-order chi connectivity index (χ0) is 12.3. The van der Waals surface area contributed by atoms with Gasteiger partial charge in [-0.3, -0.25) is 4.79 Å². The Kier molecular flexibility index (Phi) is 3.93. The number of anilines is 1. The van der Waals surface area contributed by atoms with Gasteiger partial charge in [0.1, 0.15) is 0 Å². The molecule has 0 bridgehead atoms. The first-order valence-electron chi connectivity index (χ1n) is 5.33. The molecule has 0 aromatic heterocycles. The molecule has 3 nitrogen and oxygen atoms in total. The van der Waals surface area contributed by atoms with Crippen LogP contribution in [0.1, 0.15) is 18.4 Å². The smallest absolute Gasteiger partial charge is 0.237 e. The van der Waals surface area contributed by atoms with Gasteiger partial charge in [0.2, 0.25) is 5.91 Å². The van der Waals surface area contributed by atoms with Crippen molar-refractivity contribution < 1.29 is 4.79 Å². The number of nitriles is 1. The molecule has 1 N–H and O–H groups in total. The molecule has 1 heterocycles. The zero-order valence-electron chi connectivity index (χ0n) is 9.07. The molecule has 0 aliphatic carbocycles. The molecule has 0 saturated carbocycles. The average Bonchev–Trinajstić information content (AvgIpc) is 2.85. The van der Waals surface area contributed by atoms with E-state index in [-0.39, 0.29) is 11.2 Å². The first kappa shape index (κ1) is 12.3. The second kappa shape index (κ2) is 5.44. The maximum Gasteiger partial charge on any atom is 0.237 e. The van der Waals surface area contributed by atoms with E-state index in [2.05, 4.69) is 5.32 Å². The highest BCUT2D eigenvalue weighted by atomic mass is 35.5. The van der Waals surface area contributed by atoms with E-state index >= 15 is 0 Å².